The van der Waals surface area contributed by atoms with Gasteiger partial charge in [-0.2, -0.15) is 18.3 Å². The van der Waals surface area contributed by atoms with Crippen LogP contribution in [0, 0.1) is 6.92 Å². The molecule has 1 aromatic heterocycles. The van der Waals surface area contributed by atoms with Crippen molar-refractivity contribution in [1.82, 2.24) is 15.1 Å². The third-order valence-corrected chi connectivity index (χ3v) is 3.71. The molecule has 9 heteroatoms. The van der Waals surface area contributed by atoms with Crippen LogP contribution in [0.4, 0.5) is 13.2 Å². The van der Waals surface area contributed by atoms with Crippen LogP contribution in [0.25, 0.3) is 5.69 Å². The number of hydrogen-bond acceptors (Lipinski definition) is 4. The summed E-state index contributed by atoms with van der Waals surface area (Å²) in [6, 6.07) is 6.32. The number of carbonyl (C=O) groups excluding carboxylic acids is 2. The van der Waals surface area contributed by atoms with Gasteiger partial charge < -0.3 is 10.1 Å². The van der Waals surface area contributed by atoms with E-state index in [0.717, 1.165) is 11.8 Å². The number of benzene rings is 1. The molecule has 0 unspecified atom stereocenters. The number of amides is 1. The van der Waals surface area contributed by atoms with E-state index in [0.29, 0.717) is 4.68 Å². The molecule has 1 N–H and O–H groups in total. The summed E-state index contributed by atoms with van der Waals surface area (Å²) in [5, 5.41) is 6.13. The minimum atomic E-state index is -4.76. The molecule has 2 rings (SSSR count). The minimum Gasteiger partial charge on any atom is -0.466 e. The summed E-state index contributed by atoms with van der Waals surface area (Å²) >= 11 is 0. The summed E-state index contributed by atoms with van der Waals surface area (Å²) in [7, 11) is 0. The lowest BCUT2D eigenvalue weighted by molar-refractivity contribution is -0.143. The number of halogens is 3. The average Bonchev–Trinajstić information content (AvgIpc) is 3.05. The highest BCUT2D eigenvalue weighted by Gasteiger charge is 2.40. The second kappa shape index (κ2) is 8.70. The molecule has 1 amide bonds. The molecule has 0 radical (unpaired) electrons. The molecule has 146 valence electrons. The Balaban J connectivity index is 2.15. The summed E-state index contributed by atoms with van der Waals surface area (Å²) in [6.45, 7) is 3.78. The van der Waals surface area contributed by atoms with Gasteiger partial charge in [0.15, 0.2) is 5.69 Å². The second-order valence-electron chi connectivity index (χ2n) is 5.82. The second-order valence-corrected chi connectivity index (χ2v) is 5.82. The van der Waals surface area contributed by atoms with Crippen molar-refractivity contribution in [3.8, 4) is 5.69 Å². The van der Waals surface area contributed by atoms with Gasteiger partial charge >= 0.3 is 12.1 Å². The van der Waals surface area contributed by atoms with E-state index in [4.69, 9.17) is 4.74 Å². The summed E-state index contributed by atoms with van der Waals surface area (Å²) in [6.07, 6.45) is -3.54. The van der Waals surface area contributed by atoms with Gasteiger partial charge in [-0.25, -0.2) is 4.68 Å². The zero-order valence-corrected chi connectivity index (χ0v) is 15.0. The molecule has 0 saturated carbocycles. The first kappa shape index (κ1) is 20.5. The van der Waals surface area contributed by atoms with Gasteiger partial charge in [0.25, 0.3) is 5.91 Å². The van der Waals surface area contributed by atoms with Crippen molar-refractivity contribution in [2.45, 2.75) is 32.9 Å². The van der Waals surface area contributed by atoms with E-state index < -0.39 is 29.3 Å². The lowest BCUT2D eigenvalue weighted by Gasteiger charge is -2.13. The van der Waals surface area contributed by atoms with Gasteiger partial charge in [-0.3, -0.25) is 9.59 Å². The molecular weight excluding hydrogens is 363 g/mol. The molecule has 0 aliphatic heterocycles. The van der Waals surface area contributed by atoms with Crippen LogP contribution in [0.2, 0.25) is 0 Å². The number of ether oxygens (including phenoxy) is 1. The van der Waals surface area contributed by atoms with E-state index in [9.17, 15) is 22.8 Å². The molecule has 0 bridgehead atoms. The number of carbonyl (C=O) groups is 2. The Kier molecular flexibility index (Phi) is 6.59. The Bertz CT molecular complexity index is 798. The van der Waals surface area contributed by atoms with Crippen LogP contribution < -0.4 is 5.32 Å². The predicted molar refractivity (Wildman–Crippen MR) is 91.5 cm³/mol. The van der Waals surface area contributed by atoms with Gasteiger partial charge in [-0.05, 0) is 32.4 Å². The first-order valence-electron chi connectivity index (χ1n) is 8.40. The fourth-order valence-corrected chi connectivity index (χ4v) is 2.43. The van der Waals surface area contributed by atoms with Crippen molar-refractivity contribution < 1.29 is 27.5 Å². The molecule has 1 heterocycles. The van der Waals surface area contributed by atoms with Crippen LogP contribution in [-0.4, -0.2) is 34.8 Å². The van der Waals surface area contributed by atoms with Gasteiger partial charge in [0.05, 0.1) is 24.1 Å². The fourth-order valence-electron chi connectivity index (χ4n) is 2.43. The first-order chi connectivity index (χ1) is 12.7. The molecule has 0 aliphatic carbocycles. The highest BCUT2D eigenvalue weighted by Crippen LogP contribution is 2.33. The maximum atomic E-state index is 13.5. The van der Waals surface area contributed by atoms with E-state index in [-0.39, 0.29) is 31.7 Å². The van der Waals surface area contributed by atoms with Crippen LogP contribution in [0.1, 0.15) is 41.4 Å². The number of nitrogens with zero attached hydrogens (tertiary/aromatic N) is 2. The third-order valence-electron chi connectivity index (χ3n) is 3.71. The lowest BCUT2D eigenvalue weighted by atomic mass is 10.2. The van der Waals surface area contributed by atoms with E-state index in [1.165, 1.54) is 12.1 Å². The molecule has 1 aromatic carbocycles. The van der Waals surface area contributed by atoms with Gasteiger partial charge in [0.2, 0.25) is 0 Å². The first-order valence-corrected chi connectivity index (χ1v) is 8.40. The number of hydrogen-bond donors (Lipinski definition) is 1. The monoisotopic (exact) mass is 383 g/mol. The minimum absolute atomic E-state index is 0.0463. The SMILES string of the molecule is CCOC(=O)CCCNC(=O)c1cnn(-c2ccc(C)cc2)c1C(F)(F)F. The van der Waals surface area contributed by atoms with Crippen molar-refractivity contribution in [3.05, 3.63) is 47.3 Å². The van der Waals surface area contributed by atoms with Gasteiger partial charge in [-0.15, -0.1) is 0 Å². The number of alkyl halides is 3. The van der Waals surface area contributed by atoms with Crippen LogP contribution in [0.15, 0.2) is 30.5 Å². The molecule has 27 heavy (non-hydrogen) atoms. The Labute approximate surface area is 154 Å². The number of aromatic nitrogens is 2. The van der Waals surface area contributed by atoms with Gasteiger partial charge in [0.1, 0.15) is 0 Å². The van der Waals surface area contributed by atoms with Crippen LogP contribution in [0.3, 0.4) is 0 Å². The van der Waals surface area contributed by atoms with Crippen molar-refractivity contribution in [3.63, 3.8) is 0 Å². The summed E-state index contributed by atoms with van der Waals surface area (Å²) in [4.78, 5) is 23.4. The number of aryl methyl sites for hydroxylation is 1. The van der Waals surface area contributed by atoms with Crippen LogP contribution >= 0.6 is 0 Å². The average molecular weight is 383 g/mol. The number of nitrogens with one attached hydrogen (secondary N) is 1. The van der Waals surface area contributed by atoms with Gasteiger partial charge in [-0.1, -0.05) is 17.7 Å². The molecular formula is C18H20F3N3O3. The Morgan fingerprint density at radius 1 is 1.22 bits per heavy atom. The molecule has 0 saturated heterocycles. The smallest absolute Gasteiger partial charge is 0.434 e. The van der Waals surface area contributed by atoms with E-state index in [1.807, 2.05) is 6.92 Å². The summed E-state index contributed by atoms with van der Waals surface area (Å²) < 4.78 is 46.1. The zero-order valence-electron chi connectivity index (χ0n) is 15.0. The van der Waals surface area contributed by atoms with Crippen molar-refractivity contribution >= 4 is 11.9 Å². The highest BCUT2D eigenvalue weighted by atomic mass is 19.4. The highest BCUT2D eigenvalue weighted by molar-refractivity contribution is 5.95. The van der Waals surface area contributed by atoms with E-state index >= 15 is 0 Å². The van der Waals surface area contributed by atoms with Gasteiger partial charge in [0, 0.05) is 13.0 Å². The topological polar surface area (TPSA) is 73.2 Å². The number of rotatable bonds is 7. The van der Waals surface area contributed by atoms with Crippen LogP contribution in [-0.2, 0) is 15.7 Å². The molecule has 0 aliphatic rings. The quantitative estimate of drug-likeness (QED) is 0.588. The lowest BCUT2D eigenvalue weighted by Crippen LogP contribution is -2.28. The zero-order chi connectivity index (χ0) is 20.0. The normalized spacial score (nSPS) is 11.3. The Hall–Kier alpha value is -2.84. The van der Waals surface area contributed by atoms with Crippen molar-refractivity contribution in [1.29, 1.82) is 0 Å². The maximum Gasteiger partial charge on any atom is 0.434 e. The molecule has 2 aromatic rings. The Morgan fingerprint density at radius 2 is 1.89 bits per heavy atom. The number of esters is 1. The molecule has 0 atom stereocenters. The largest absolute Gasteiger partial charge is 0.466 e. The Morgan fingerprint density at radius 3 is 2.48 bits per heavy atom. The molecule has 0 fully saturated rings. The summed E-state index contributed by atoms with van der Waals surface area (Å²) in [5.41, 5.74) is -0.623. The van der Waals surface area contributed by atoms with Crippen LogP contribution in [0.5, 0.6) is 0 Å². The standard InChI is InChI=1S/C18H20F3N3O3/c1-3-27-15(25)5-4-10-22-17(26)14-11-23-24(16(14)18(19,20)21)13-8-6-12(2)7-9-13/h6-9,11H,3-5,10H2,1-2H3,(H,22,26). The molecule has 0 spiro atoms. The summed E-state index contributed by atoms with van der Waals surface area (Å²) in [5.74, 6) is -1.32. The van der Waals surface area contributed by atoms with Crippen molar-refractivity contribution in [2.24, 2.45) is 0 Å². The van der Waals surface area contributed by atoms with Crippen molar-refractivity contribution in [2.75, 3.05) is 13.2 Å². The van der Waals surface area contributed by atoms with E-state index in [1.54, 1.807) is 19.1 Å². The maximum absolute atomic E-state index is 13.5. The third kappa shape index (κ3) is 5.32. The molecule has 6 nitrogen and oxygen atoms in total. The predicted octanol–water partition coefficient (Wildman–Crippen LogP) is 3.27. The fraction of sp³-hybridized carbons (Fsp3) is 0.389. The van der Waals surface area contributed by atoms with E-state index in [2.05, 4.69) is 10.4 Å².